The zero-order chi connectivity index (χ0) is 31.0. The number of nitrogens with one attached hydrogen (secondary N) is 3. The van der Waals surface area contributed by atoms with E-state index in [4.69, 9.17) is 30.1 Å². The Morgan fingerprint density at radius 2 is 2.00 bits per heavy atom. The van der Waals surface area contributed by atoms with Crippen LogP contribution in [0.15, 0.2) is 17.1 Å². The van der Waals surface area contributed by atoms with E-state index in [0.717, 1.165) is 6.92 Å². The van der Waals surface area contributed by atoms with Gasteiger partial charge in [-0.2, -0.15) is 5.26 Å². The highest BCUT2D eigenvalue weighted by molar-refractivity contribution is 6.07. The number of H-pyrrole nitrogens is 1. The molecule has 41 heavy (non-hydrogen) atoms. The quantitative estimate of drug-likeness (QED) is 0.0828. The minimum Gasteiger partial charge on any atom is -0.462 e. The number of carbonyl (C=O) groups excluding carboxylic acids is 4. The molecule has 16 nitrogen and oxygen atoms in total. The summed E-state index contributed by atoms with van der Waals surface area (Å²) in [7, 11) is 0. The summed E-state index contributed by atoms with van der Waals surface area (Å²) in [6.07, 6.45) is -4.91. The number of esters is 3. The van der Waals surface area contributed by atoms with Crippen LogP contribution in [0.2, 0.25) is 0 Å². The lowest BCUT2D eigenvalue weighted by Gasteiger charge is -2.26. The molecule has 1 aromatic heterocycles. The Morgan fingerprint density at radius 1 is 1.32 bits per heavy atom. The second-order valence-corrected chi connectivity index (χ2v) is 9.93. The number of nitrogens with zero attached hydrogens (tertiary/aromatic N) is 2. The molecule has 2 rings (SSSR count). The van der Waals surface area contributed by atoms with Crippen LogP contribution in [-0.4, -0.2) is 84.0 Å². The van der Waals surface area contributed by atoms with Gasteiger partial charge in [0.2, 0.25) is 12.4 Å². The van der Waals surface area contributed by atoms with Crippen LogP contribution in [0, 0.1) is 22.2 Å². The number of aliphatic hydroxyl groups excluding tert-OH is 1. The standard InChI is InChI=1S/C25H34N6O10/c1-6-17(33)40-18-15(9-37-22(35)19(28)24(3,4)5)41-25(10-26,20(18)34)16-8-7-14(30-16)21(29-11-27)31-23(36)39-12-38-13(2)32/h7-8,11,15,18-20,30,34H,6,9,12,28H2,1-5H3,(H2,27,29,31,36)/t15-,18-,19-,20-,25+/m1/s1. The molecule has 1 aromatic rings. The first-order valence-corrected chi connectivity index (χ1v) is 12.4. The number of aromatic amines is 1. The van der Waals surface area contributed by atoms with Crippen molar-refractivity contribution in [3.63, 3.8) is 0 Å². The van der Waals surface area contributed by atoms with E-state index in [1.165, 1.54) is 19.1 Å². The highest BCUT2D eigenvalue weighted by Crippen LogP contribution is 2.41. The van der Waals surface area contributed by atoms with Crippen molar-refractivity contribution in [1.29, 1.82) is 10.7 Å². The highest BCUT2D eigenvalue weighted by Gasteiger charge is 2.59. The Hall–Kier alpha value is -4.33. The Kier molecular flexibility index (Phi) is 11.1. The first kappa shape index (κ1) is 32.9. The van der Waals surface area contributed by atoms with Crippen molar-refractivity contribution in [1.82, 2.24) is 10.3 Å². The van der Waals surface area contributed by atoms with Crippen LogP contribution in [0.1, 0.15) is 52.4 Å². The zero-order valence-corrected chi connectivity index (χ0v) is 23.3. The van der Waals surface area contributed by atoms with Crippen LogP contribution >= 0.6 is 0 Å². The smallest absolute Gasteiger partial charge is 0.415 e. The van der Waals surface area contributed by atoms with Gasteiger partial charge in [-0.15, -0.1) is 0 Å². The second-order valence-electron chi connectivity index (χ2n) is 9.93. The number of nitrogens with two attached hydrogens (primary N) is 1. The lowest BCUT2D eigenvalue weighted by atomic mass is 9.87. The third-order valence-corrected chi connectivity index (χ3v) is 5.94. The van der Waals surface area contributed by atoms with E-state index < -0.39 is 72.8 Å². The molecule has 2 heterocycles. The van der Waals surface area contributed by atoms with Crippen LogP contribution in [-0.2, 0) is 43.7 Å². The molecule has 6 N–H and O–H groups in total. The van der Waals surface area contributed by atoms with Gasteiger partial charge in [0.25, 0.3) is 0 Å². The van der Waals surface area contributed by atoms with E-state index >= 15 is 0 Å². The molecule has 0 spiro atoms. The van der Waals surface area contributed by atoms with E-state index in [-0.39, 0.29) is 23.6 Å². The van der Waals surface area contributed by atoms with Gasteiger partial charge in [-0.1, -0.05) is 27.7 Å². The van der Waals surface area contributed by atoms with Crippen LogP contribution in [0.4, 0.5) is 4.79 Å². The number of amidine groups is 1. The number of nitriles is 1. The van der Waals surface area contributed by atoms with Crippen LogP contribution < -0.4 is 11.1 Å². The number of rotatable bonds is 10. The van der Waals surface area contributed by atoms with E-state index in [9.17, 15) is 29.5 Å². The summed E-state index contributed by atoms with van der Waals surface area (Å²) in [6, 6.07) is 3.60. The minimum atomic E-state index is -2.15. The summed E-state index contributed by atoms with van der Waals surface area (Å²) in [4.78, 5) is 54.0. The van der Waals surface area contributed by atoms with Crippen LogP contribution in [0.5, 0.6) is 0 Å². The van der Waals surface area contributed by atoms with Crippen molar-refractivity contribution in [2.45, 2.75) is 71.0 Å². The Bertz CT molecular complexity index is 1220. The summed E-state index contributed by atoms with van der Waals surface area (Å²) in [5.41, 5.74) is 3.21. The second kappa shape index (κ2) is 13.8. The molecule has 224 valence electrons. The summed E-state index contributed by atoms with van der Waals surface area (Å²) >= 11 is 0. The predicted molar refractivity (Wildman–Crippen MR) is 139 cm³/mol. The fraction of sp³-hybridized carbons (Fsp3) is 0.560. The summed E-state index contributed by atoms with van der Waals surface area (Å²) in [5, 5.41) is 30.9. The van der Waals surface area contributed by atoms with Gasteiger partial charge in [0, 0.05) is 13.3 Å². The minimum absolute atomic E-state index is 0.0342. The molecule has 1 aliphatic rings. The van der Waals surface area contributed by atoms with Gasteiger partial charge in [0.15, 0.2) is 11.9 Å². The van der Waals surface area contributed by atoms with Gasteiger partial charge < -0.3 is 39.5 Å². The first-order chi connectivity index (χ1) is 19.2. The topological polar surface area (TPSA) is 248 Å². The van der Waals surface area contributed by atoms with E-state index in [1.54, 1.807) is 20.8 Å². The number of ether oxygens (including phenoxy) is 5. The molecule has 0 unspecified atom stereocenters. The van der Waals surface area contributed by atoms with Crippen molar-refractivity contribution in [2.75, 3.05) is 13.4 Å². The van der Waals surface area contributed by atoms with Gasteiger partial charge in [-0.25, -0.2) is 9.79 Å². The molecular weight excluding hydrogens is 544 g/mol. The van der Waals surface area contributed by atoms with E-state index in [1.807, 2.05) is 6.07 Å². The molecule has 5 atom stereocenters. The fourth-order valence-corrected chi connectivity index (χ4v) is 3.58. The maximum Gasteiger partial charge on any atom is 0.415 e. The predicted octanol–water partition coefficient (Wildman–Crippen LogP) is 0.332. The molecule has 1 aliphatic heterocycles. The van der Waals surface area contributed by atoms with Crippen molar-refractivity contribution in [2.24, 2.45) is 16.1 Å². The fourth-order valence-electron chi connectivity index (χ4n) is 3.58. The van der Waals surface area contributed by atoms with E-state index in [2.05, 4.69) is 20.0 Å². The van der Waals surface area contributed by atoms with Crippen LogP contribution in [0.3, 0.4) is 0 Å². The summed E-state index contributed by atoms with van der Waals surface area (Å²) in [5.74, 6) is -2.36. The van der Waals surface area contributed by atoms with Crippen molar-refractivity contribution >= 4 is 36.2 Å². The number of aliphatic imine (C=N–C) groups is 1. The van der Waals surface area contributed by atoms with Crippen molar-refractivity contribution in [3.05, 3.63) is 23.5 Å². The number of carbonyl (C=O) groups is 4. The molecule has 1 amide bonds. The highest BCUT2D eigenvalue weighted by atomic mass is 16.7. The zero-order valence-electron chi connectivity index (χ0n) is 23.3. The maximum absolute atomic E-state index is 12.5. The average Bonchev–Trinajstić information content (AvgIpc) is 3.50. The first-order valence-electron chi connectivity index (χ1n) is 12.4. The number of aromatic nitrogens is 1. The molecular formula is C25H34N6O10. The third-order valence-electron chi connectivity index (χ3n) is 5.94. The normalized spacial score (nSPS) is 23.1. The maximum atomic E-state index is 12.5. The van der Waals surface area contributed by atoms with Crippen LogP contribution in [0.25, 0.3) is 0 Å². The van der Waals surface area contributed by atoms with Gasteiger partial charge in [0.1, 0.15) is 37.3 Å². The molecule has 0 aliphatic carbocycles. The van der Waals surface area contributed by atoms with E-state index in [0.29, 0.717) is 6.34 Å². The Morgan fingerprint density at radius 3 is 2.56 bits per heavy atom. The van der Waals surface area contributed by atoms with Gasteiger partial charge in [0.05, 0.1) is 11.4 Å². The number of aliphatic hydroxyl groups is 1. The molecule has 1 saturated heterocycles. The summed E-state index contributed by atoms with van der Waals surface area (Å²) in [6.45, 7) is 6.73. The largest absolute Gasteiger partial charge is 0.462 e. The molecule has 16 heteroatoms. The lowest BCUT2D eigenvalue weighted by Crippen LogP contribution is -2.45. The van der Waals surface area contributed by atoms with Gasteiger partial charge >= 0.3 is 24.0 Å². The third kappa shape index (κ3) is 8.10. The monoisotopic (exact) mass is 578 g/mol. The average molecular weight is 579 g/mol. The Balaban J connectivity index is 2.34. The number of amides is 1. The number of hydrogen-bond donors (Lipinski definition) is 5. The molecule has 0 radical (unpaired) electrons. The lowest BCUT2D eigenvalue weighted by molar-refractivity contribution is -0.161. The molecule has 0 saturated carbocycles. The summed E-state index contributed by atoms with van der Waals surface area (Å²) < 4.78 is 25.8. The molecule has 1 fully saturated rings. The number of hydrogen-bond acceptors (Lipinski definition) is 13. The van der Waals surface area contributed by atoms with Crippen molar-refractivity contribution in [3.8, 4) is 6.07 Å². The Labute approximate surface area is 235 Å². The molecule has 0 bridgehead atoms. The SMILES string of the molecule is CCC(=O)O[C@H]1[C@@H](O)[C@](C#N)(c2ccc(/C(=N\C=N)NC(=O)OCOC(C)=O)[nH]2)O[C@@H]1COC(=O)[C@@H](N)C(C)(C)C. The number of alkyl carbamates (subject to hydrolysis) is 1. The van der Waals surface area contributed by atoms with Crippen molar-refractivity contribution < 1.29 is 48.0 Å². The van der Waals surface area contributed by atoms with Gasteiger partial charge in [-0.3, -0.25) is 25.1 Å². The molecule has 0 aromatic carbocycles. The van der Waals surface area contributed by atoms with Gasteiger partial charge in [-0.05, 0) is 17.5 Å².